The van der Waals surface area contributed by atoms with Gasteiger partial charge < -0.3 is 9.52 Å². The fourth-order valence-corrected chi connectivity index (χ4v) is 3.20. The number of aliphatic hydroxyl groups is 1. The maximum atomic E-state index is 13.3. The molecule has 27 heavy (non-hydrogen) atoms. The lowest BCUT2D eigenvalue weighted by Gasteiger charge is -2.26. The first-order valence-corrected chi connectivity index (χ1v) is 8.23. The van der Waals surface area contributed by atoms with Gasteiger partial charge in [-0.3, -0.25) is 14.5 Å². The second kappa shape index (κ2) is 6.57. The first-order chi connectivity index (χ1) is 13.1. The minimum atomic E-state index is -0.859. The van der Waals surface area contributed by atoms with Crippen LogP contribution in [-0.2, 0) is 4.79 Å². The number of aliphatic hydroxyl groups excluding tert-OH is 1. The van der Waals surface area contributed by atoms with E-state index in [1.807, 2.05) is 0 Å². The molecule has 0 fully saturated rings. The van der Waals surface area contributed by atoms with Crippen LogP contribution in [0.1, 0.15) is 22.2 Å². The van der Waals surface area contributed by atoms with Gasteiger partial charge in [-0.25, -0.2) is 4.39 Å². The van der Waals surface area contributed by atoms with E-state index >= 15 is 0 Å². The van der Waals surface area contributed by atoms with Crippen molar-refractivity contribution >= 4 is 17.4 Å². The molecule has 3 aromatic rings. The molecule has 0 radical (unpaired) electrons. The minimum absolute atomic E-state index is 0.0197. The molecule has 0 saturated carbocycles. The van der Waals surface area contributed by atoms with Crippen LogP contribution < -0.4 is 4.90 Å². The van der Waals surface area contributed by atoms with Gasteiger partial charge in [0.2, 0.25) is 5.78 Å². The van der Waals surface area contributed by atoms with Gasteiger partial charge in [0, 0.05) is 5.69 Å². The summed E-state index contributed by atoms with van der Waals surface area (Å²) in [7, 11) is 0. The molecule has 1 aromatic heterocycles. The number of carbonyl (C=O) groups is 2. The van der Waals surface area contributed by atoms with Gasteiger partial charge in [-0.2, -0.15) is 0 Å². The van der Waals surface area contributed by atoms with Crippen LogP contribution in [-0.4, -0.2) is 16.8 Å². The maximum absolute atomic E-state index is 13.3. The highest BCUT2D eigenvalue weighted by Crippen LogP contribution is 2.41. The molecule has 1 aliphatic rings. The number of anilines is 1. The summed E-state index contributed by atoms with van der Waals surface area (Å²) < 4.78 is 18.5. The molecular formula is C21H14FNO4. The molecule has 0 bridgehead atoms. The number of ketones is 1. The smallest absolute Gasteiger partial charge is 0.294 e. The van der Waals surface area contributed by atoms with Gasteiger partial charge in [-0.15, -0.1) is 0 Å². The molecule has 1 unspecified atom stereocenters. The quantitative estimate of drug-likeness (QED) is 0.705. The Hall–Kier alpha value is -3.67. The molecule has 2 aromatic carbocycles. The normalized spacial score (nSPS) is 16.9. The third-order valence-corrected chi connectivity index (χ3v) is 4.42. The Kier molecular flexibility index (Phi) is 4.08. The first-order valence-electron chi connectivity index (χ1n) is 8.23. The summed E-state index contributed by atoms with van der Waals surface area (Å²) in [5, 5.41) is 10.5. The molecular weight excluding hydrogens is 349 g/mol. The Morgan fingerprint density at radius 1 is 1.00 bits per heavy atom. The van der Waals surface area contributed by atoms with E-state index in [-0.39, 0.29) is 11.3 Å². The standard InChI is InChI=1S/C21H14FNO4/c22-14-8-10-15(11-9-14)23-18(13-5-2-1-3-6-13)17(20(25)21(23)26)19(24)16-7-4-12-27-16/h1-12,18,25H. The van der Waals surface area contributed by atoms with Gasteiger partial charge in [0.15, 0.2) is 11.5 Å². The third kappa shape index (κ3) is 2.81. The average molecular weight is 363 g/mol. The summed E-state index contributed by atoms with van der Waals surface area (Å²) in [5.41, 5.74) is 0.920. The second-order valence-corrected chi connectivity index (χ2v) is 6.03. The van der Waals surface area contributed by atoms with Crippen molar-refractivity contribution in [1.82, 2.24) is 0 Å². The Morgan fingerprint density at radius 2 is 1.70 bits per heavy atom. The third-order valence-electron chi connectivity index (χ3n) is 4.42. The predicted molar refractivity (Wildman–Crippen MR) is 95.8 cm³/mol. The van der Waals surface area contributed by atoms with Crippen LogP contribution in [0.2, 0.25) is 0 Å². The van der Waals surface area contributed by atoms with Gasteiger partial charge in [0.05, 0.1) is 17.9 Å². The van der Waals surface area contributed by atoms with Crippen molar-refractivity contribution in [2.75, 3.05) is 4.90 Å². The fraction of sp³-hybridized carbons (Fsp3) is 0.0476. The van der Waals surface area contributed by atoms with Crippen LogP contribution in [0, 0.1) is 5.82 Å². The number of rotatable bonds is 4. The van der Waals surface area contributed by atoms with E-state index < -0.39 is 29.3 Å². The zero-order valence-corrected chi connectivity index (χ0v) is 14.0. The topological polar surface area (TPSA) is 70.8 Å². The highest BCUT2D eigenvalue weighted by atomic mass is 19.1. The Labute approximate surface area is 154 Å². The minimum Gasteiger partial charge on any atom is -0.503 e. The molecule has 134 valence electrons. The van der Waals surface area contributed by atoms with E-state index in [1.54, 1.807) is 36.4 Å². The van der Waals surface area contributed by atoms with Crippen molar-refractivity contribution in [3.63, 3.8) is 0 Å². The van der Waals surface area contributed by atoms with Crippen LogP contribution in [0.25, 0.3) is 0 Å². The predicted octanol–water partition coefficient (Wildman–Crippen LogP) is 4.20. The van der Waals surface area contributed by atoms with E-state index in [0.29, 0.717) is 11.3 Å². The number of carbonyl (C=O) groups excluding carboxylic acids is 2. The number of nitrogens with zero attached hydrogens (tertiary/aromatic N) is 1. The summed E-state index contributed by atoms with van der Waals surface area (Å²) in [6.07, 6.45) is 1.34. The van der Waals surface area contributed by atoms with Crippen LogP contribution in [0.3, 0.4) is 0 Å². The van der Waals surface area contributed by atoms with Crippen molar-refractivity contribution in [3.8, 4) is 0 Å². The van der Waals surface area contributed by atoms with Gasteiger partial charge in [0.1, 0.15) is 5.82 Å². The van der Waals surface area contributed by atoms with Gasteiger partial charge in [0.25, 0.3) is 5.91 Å². The maximum Gasteiger partial charge on any atom is 0.294 e. The number of amides is 1. The summed E-state index contributed by atoms with van der Waals surface area (Å²) in [5.74, 6) is -2.39. The molecule has 1 aliphatic heterocycles. The zero-order chi connectivity index (χ0) is 19.0. The molecule has 1 N–H and O–H groups in total. The van der Waals surface area contributed by atoms with Gasteiger partial charge >= 0.3 is 0 Å². The summed E-state index contributed by atoms with van der Waals surface area (Å²) in [6.45, 7) is 0. The highest BCUT2D eigenvalue weighted by Gasteiger charge is 2.45. The van der Waals surface area contributed by atoms with Gasteiger partial charge in [-0.1, -0.05) is 30.3 Å². The number of Topliss-reactive ketones (excluding diaryl/α,β-unsaturated/α-hetero) is 1. The highest BCUT2D eigenvalue weighted by molar-refractivity contribution is 6.20. The first kappa shape index (κ1) is 16.8. The van der Waals surface area contributed by atoms with Crippen LogP contribution in [0.15, 0.2) is 88.7 Å². The molecule has 1 atom stereocenters. The second-order valence-electron chi connectivity index (χ2n) is 6.03. The Morgan fingerprint density at radius 3 is 2.33 bits per heavy atom. The van der Waals surface area contributed by atoms with E-state index in [4.69, 9.17) is 4.42 Å². The van der Waals surface area contributed by atoms with Gasteiger partial charge in [-0.05, 0) is 42.0 Å². The monoisotopic (exact) mass is 363 g/mol. The lowest BCUT2D eigenvalue weighted by molar-refractivity contribution is -0.117. The summed E-state index contributed by atoms with van der Waals surface area (Å²) in [6, 6.07) is 16.3. The SMILES string of the molecule is O=C(C1=C(O)C(=O)N(c2ccc(F)cc2)C1c1ccccc1)c1ccco1. The van der Waals surface area contributed by atoms with Crippen LogP contribution >= 0.6 is 0 Å². The number of halogens is 1. The van der Waals surface area contributed by atoms with Crippen LogP contribution in [0.5, 0.6) is 0 Å². The summed E-state index contributed by atoms with van der Waals surface area (Å²) in [4.78, 5) is 27.0. The molecule has 1 amide bonds. The van der Waals surface area contributed by atoms with Crippen molar-refractivity contribution in [3.05, 3.63) is 101 Å². The molecule has 2 heterocycles. The Bertz CT molecular complexity index is 1020. The molecule has 4 rings (SSSR count). The number of furan rings is 1. The van der Waals surface area contributed by atoms with Crippen molar-refractivity contribution in [1.29, 1.82) is 0 Å². The molecule has 5 nitrogen and oxygen atoms in total. The lowest BCUT2D eigenvalue weighted by atomic mass is 9.95. The van der Waals surface area contributed by atoms with Crippen molar-refractivity contribution in [2.45, 2.75) is 6.04 Å². The van der Waals surface area contributed by atoms with E-state index in [0.717, 1.165) is 0 Å². The van der Waals surface area contributed by atoms with E-state index in [1.165, 1.54) is 41.5 Å². The van der Waals surface area contributed by atoms with Crippen molar-refractivity contribution < 1.29 is 23.5 Å². The fourth-order valence-electron chi connectivity index (χ4n) is 3.20. The number of benzene rings is 2. The summed E-state index contributed by atoms with van der Waals surface area (Å²) >= 11 is 0. The van der Waals surface area contributed by atoms with E-state index in [2.05, 4.69) is 0 Å². The largest absolute Gasteiger partial charge is 0.503 e. The zero-order valence-electron chi connectivity index (χ0n) is 14.0. The van der Waals surface area contributed by atoms with Crippen molar-refractivity contribution in [2.24, 2.45) is 0 Å². The molecule has 0 saturated heterocycles. The van der Waals surface area contributed by atoms with Crippen LogP contribution in [0.4, 0.5) is 10.1 Å². The molecule has 0 aliphatic carbocycles. The lowest BCUT2D eigenvalue weighted by Crippen LogP contribution is -2.31. The Balaban J connectivity index is 1.87. The number of hydrogen-bond acceptors (Lipinski definition) is 4. The number of hydrogen-bond donors (Lipinski definition) is 1. The molecule has 0 spiro atoms. The average Bonchev–Trinajstić information content (AvgIpc) is 3.31. The van der Waals surface area contributed by atoms with E-state index in [9.17, 15) is 19.1 Å². The molecule has 6 heteroatoms.